The molecule has 0 aromatic carbocycles. The van der Waals surface area contributed by atoms with Crippen molar-refractivity contribution in [2.24, 2.45) is 0 Å². The van der Waals surface area contributed by atoms with Gasteiger partial charge in [0, 0.05) is 57.6 Å². The molecule has 3 saturated heterocycles. The number of nitrogens with one attached hydrogen (secondary N) is 1. The lowest BCUT2D eigenvalue weighted by Crippen LogP contribution is -2.63. The number of hydrogen-bond donors (Lipinski definition) is 1. The van der Waals surface area contributed by atoms with Crippen molar-refractivity contribution in [3.05, 3.63) is 0 Å². The Morgan fingerprint density at radius 2 is 2.06 bits per heavy atom. The Morgan fingerprint density at radius 3 is 2.62 bits per heavy atom. The fourth-order valence-corrected chi connectivity index (χ4v) is 2.60. The van der Waals surface area contributed by atoms with Crippen LogP contribution in [0.5, 0.6) is 0 Å². The smallest absolute Gasteiger partial charge is 0.220 e. The second kappa shape index (κ2) is 5.84. The largest absolute Gasteiger partial charge is 0.354 e. The molecule has 1 N–H and O–H groups in total. The van der Waals surface area contributed by atoms with Crippen LogP contribution in [-0.2, 0) is 4.79 Å². The number of alkyl halides is 1. The summed E-state index contributed by atoms with van der Waals surface area (Å²) in [5.41, 5.74) is 0. The van der Waals surface area contributed by atoms with Gasteiger partial charge < -0.3 is 5.32 Å². The van der Waals surface area contributed by atoms with E-state index in [1.807, 2.05) is 0 Å². The van der Waals surface area contributed by atoms with Gasteiger partial charge in [0.25, 0.3) is 0 Å². The van der Waals surface area contributed by atoms with Gasteiger partial charge >= 0.3 is 0 Å². The lowest BCUT2D eigenvalue weighted by molar-refractivity contribution is -0.121. The van der Waals surface area contributed by atoms with E-state index >= 15 is 0 Å². The third kappa shape index (κ3) is 3.09. The molecule has 3 aliphatic heterocycles. The van der Waals surface area contributed by atoms with Crippen molar-refractivity contribution in [3.8, 4) is 0 Å². The Balaban J connectivity index is 1.68. The Hall–Kier alpha value is -0.320. The summed E-state index contributed by atoms with van der Waals surface area (Å²) in [6.45, 7) is 6.59. The monoisotopic (exact) mass is 245 g/mol. The molecule has 1 atom stereocenters. The van der Waals surface area contributed by atoms with Crippen LogP contribution in [-0.4, -0.2) is 66.9 Å². The molecule has 0 radical (unpaired) electrons. The summed E-state index contributed by atoms with van der Waals surface area (Å²) in [7, 11) is 0. The predicted molar refractivity (Wildman–Crippen MR) is 64.8 cm³/mol. The number of halogens is 1. The van der Waals surface area contributed by atoms with Crippen LogP contribution < -0.4 is 5.32 Å². The minimum atomic E-state index is 0.137. The van der Waals surface area contributed by atoms with Crippen LogP contribution in [0.3, 0.4) is 0 Å². The molecule has 0 saturated carbocycles. The van der Waals surface area contributed by atoms with Gasteiger partial charge in [0.05, 0.1) is 0 Å². The number of amides is 1. The minimum absolute atomic E-state index is 0.137. The third-order valence-corrected chi connectivity index (χ3v) is 3.73. The zero-order valence-corrected chi connectivity index (χ0v) is 10.4. The molecule has 1 unspecified atom stereocenters. The van der Waals surface area contributed by atoms with Crippen LogP contribution in [0.4, 0.5) is 0 Å². The van der Waals surface area contributed by atoms with Crippen LogP contribution in [0.2, 0.25) is 0 Å². The van der Waals surface area contributed by atoms with E-state index in [1.165, 1.54) is 13.1 Å². The molecule has 3 rings (SSSR count). The van der Waals surface area contributed by atoms with Crippen molar-refractivity contribution in [3.63, 3.8) is 0 Å². The molecule has 3 aliphatic rings. The Kier molecular flexibility index (Phi) is 4.44. The van der Waals surface area contributed by atoms with E-state index in [2.05, 4.69) is 15.1 Å². The summed E-state index contributed by atoms with van der Waals surface area (Å²) in [5.74, 6) is 0.704. The fourth-order valence-electron chi connectivity index (χ4n) is 2.47. The second-order valence-electron chi connectivity index (χ2n) is 4.59. The van der Waals surface area contributed by atoms with Gasteiger partial charge in [-0.1, -0.05) is 0 Å². The highest BCUT2D eigenvalue weighted by Crippen LogP contribution is 2.14. The summed E-state index contributed by atoms with van der Waals surface area (Å²) < 4.78 is 0. The van der Waals surface area contributed by atoms with Crippen molar-refractivity contribution >= 4 is 17.5 Å². The molecule has 5 heteroatoms. The van der Waals surface area contributed by atoms with Crippen LogP contribution >= 0.6 is 11.6 Å². The van der Waals surface area contributed by atoms with E-state index in [-0.39, 0.29) is 5.91 Å². The van der Waals surface area contributed by atoms with Crippen molar-refractivity contribution in [2.45, 2.75) is 18.9 Å². The maximum Gasteiger partial charge on any atom is 0.220 e. The first-order chi connectivity index (χ1) is 7.79. The highest BCUT2D eigenvalue weighted by molar-refractivity contribution is 6.17. The fraction of sp³-hybridized carbons (Fsp3) is 0.909. The molecule has 0 aromatic rings. The Morgan fingerprint density at radius 1 is 1.31 bits per heavy atom. The molecule has 1 amide bonds. The zero-order valence-electron chi connectivity index (χ0n) is 9.62. The average molecular weight is 246 g/mol. The number of carbonyl (C=O) groups excluding carboxylic acids is 1. The molecule has 4 nitrogen and oxygen atoms in total. The molecule has 2 bridgehead atoms. The molecule has 0 aromatic heterocycles. The van der Waals surface area contributed by atoms with E-state index in [0.717, 1.165) is 32.6 Å². The van der Waals surface area contributed by atoms with Crippen LogP contribution in [0, 0.1) is 0 Å². The molecule has 0 spiro atoms. The number of carbonyl (C=O) groups is 1. The van der Waals surface area contributed by atoms with Crippen molar-refractivity contribution in [2.75, 3.05) is 45.1 Å². The number of nitrogens with zero attached hydrogens (tertiary/aromatic N) is 2. The molecule has 3 fully saturated rings. The summed E-state index contributed by atoms with van der Waals surface area (Å²) in [6, 6.07) is 0.516. The van der Waals surface area contributed by atoms with Crippen molar-refractivity contribution < 1.29 is 4.79 Å². The lowest BCUT2D eigenvalue weighted by Gasteiger charge is -2.47. The highest BCUT2D eigenvalue weighted by atomic mass is 35.5. The number of hydrogen-bond acceptors (Lipinski definition) is 3. The topological polar surface area (TPSA) is 35.6 Å². The average Bonchev–Trinajstić information content (AvgIpc) is 2.35. The first-order valence-electron chi connectivity index (χ1n) is 6.08. The quantitative estimate of drug-likeness (QED) is 0.699. The minimum Gasteiger partial charge on any atom is -0.354 e. The molecular formula is C11H20ClN3O. The van der Waals surface area contributed by atoms with Gasteiger partial charge in [0.1, 0.15) is 0 Å². The standard InChI is InChI=1S/C11H20ClN3O/c12-3-1-2-11(16)13-8-10-9-14-4-6-15(10)7-5-14/h10H,1-9H2,(H,13,16). The number of rotatable bonds is 5. The van der Waals surface area contributed by atoms with Crippen LogP contribution in [0.15, 0.2) is 0 Å². The summed E-state index contributed by atoms with van der Waals surface area (Å²) in [6.07, 6.45) is 1.33. The van der Waals surface area contributed by atoms with Gasteiger partial charge in [-0.25, -0.2) is 0 Å². The first-order valence-corrected chi connectivity index (χ1v) is 6.62. The van der Waals surface area contributed by atoms with E-state index in [4.69, 9.17) is 11.6 Å². The maximum atomic E-state index is 11.4. The second-order valence-corrected chi connectivity index (χ2v) is 4.96. The molecule has 92 valence electrons. The molecular weight excluding hydrogens is 226 g/mol. The third-order valence-electron chi connectivity index (χ3n) is 3.46. The molecule has 16 heavy (non-hydrogen) atoms. The molecule has 0 aliphatic carbocycles. The van der Waals surface area contributed by atoms with E-state index in [9.17, 15) is 4.79 Å². The summed E-state index contributed by atoms with van der Waals surface area (Å²) in [4.78, 5) is 16.4. The van der Waals surface area contributed by atoms with Gasteiger partial charge in [-0.15, -0.1) is 11.6 Å². The summed E-state index contributed by atoms with van der Waals surface area (Å²) in [5, 5.41) is 3.01. The van der Waals surface area contributed by atoms with Crippen molar-refractivity contribution in [1.82, 2.24) is 15.1 Å². The van der Waals surface area contributed by atoms with Crippen molar-refractivity contribution in [1.29, 1.82) is 0 Å². The first kappa shape index (κ1) is 12.1. The van der Waals surface area contributed by atoms with Gasteiger partial charge in [0.2, 0.25) is 5.91 Å². The lowest BCUT2D eigenvalue weighted by atomic mass is 10.1. The zero-order chi connectivity index (χ0) is 11.4. The van der Waals surface area contributed by atoms with Gasteiger partial charge in [-0.2, -0.15) is 0 Å². The van der Waals surface area contributed by atoms with E-state index < -0.39 is 0 Å². The van der Waals surface area contributed by atoms with Gasteiger partial charge in [0.15, 0.2) is 0 Å². The van der Waals surface area contributed by atoms with Crippen LogP contribution in [0.25, 0.3) is 0 Å². The predicted octanol–water partition coefficient (Wildman–Crippen LogP) is 0.121. The van der Waals surface area contributed by atoms with Gasteiger partial charge in [-0.3, -0.25) is 14.6 Å². The Labute approximate surface area is 102 Å². The van der Waals surface area contributed by atoms with E-state index in [1.54, 1.807) is 0 Å². The summed E-state index contributed by atoms with van der Waals surface area (Å²) >= 11 is 5.55. The normalized spacial score (nSPS) is 32.7. The maximum absolute atomic E-state index is 11.4. The van der Waals surface area contributed by atoms with E-state index in [0.29, 0.717) is 18.3 Å². The highest BCUT2D eigenvalue weighted by Gasteiger charge is 2.31. The van der Waals surface area contributed by atoms with Gasteiger partial charge in [-0.05, 0) is 6.42 Å². The Bertz CT molecular complexity index is 241. The number of piperazine rings is 3. The molecule has 3 heterocycles. The number of fused-ring (bicyclic) bond motifs is 3. The SMILES string of the molecule is O=C(CCCCl)NCC1CN2CCN1CC2. The van der Waals surface area contributed by atoms with Crippen LogP contribution in [0.1, 0.15) is 12.8 Å².